The first-order valence-electron chi connectivity index (χ1n) is 6.52. The predicted octanol–water partition coefficient (Wildman–Crippen LogP) is 3.61. The third-order valence-electron chi connectivity index (χ3n) is 3.38. The molecule has 0 fully saturated rings. The van der Waals surface area contributed by atoms with Gasteiger partial charge in [0, 0.05) is 23.1 Å². The van der Waals surface area contributed by atoms with Crippen LogP contribution < -0.4 is 10.5 Å². The van der Waals surface area contributed by atoms with Crippen LogP contribution in [0.5, 0.6) is 5.75 Å². The summed E-state index contributed by atoms with van der Waals surface area (Å²) in [5.41, 5.74) is 8.59. The zero-order chi connectivity index (χ0) is 13.1. The van der Waals surface area contributed by atoms with Gasteiger partial charge in [0.1, 0.15) is 5.75 Å². The van der Waals surface area contributed by atoms with Crippen molar-refractivity contribution in [2.24, 2.45) is 11.7 Å². The van der Waals surface area contributed by atoms with Crippen LogP contribution in [0.2, 0.25) is 0 Å². The Labute approximate surface area is 108 Å². The first-order valence-corrected chi connectivity index (χ1v) is 6.52. The summed E-state index contributed by atoms with van der Waals surface area (Å²) in [6.07, 6.45) is 4.19. The molecule has 0 aliphatic heterocycles. The van der Waals surface area contributed by atoms with Gasteiger partial charge in [-0.2, -0.15) is 0 Å². The molecule has 1 aromatic heterocycles. The highest BCUT2D eigenvalue weighted by Gasteiger charge is 2.12. The van der Waals surface area contributed by atoms with Crippen LogP contribution in [0.25, 0.3) is 10.9 Å². The summed E-state index contributed by atoms with van der Waals surface area (Å²) in [5.74, 6) is 1.57. The Morgan fingerprint density at radius 1 is 1.28 bits per heavy atom. The Hall–Kier alpha value is -1.48. The maximum atomic E-state index is 6.28. The van der Waals surface area contributed by atoms with E-state index in [1.807, 2.05) is 18.3 Å². The number of hydrogen-bond donors (Lipinski definition) is 2. The third-order valence-corrected chi connectivity index (χ3v) is 3.38. The Bertz CT molecular complexity index is 516. The van der Waals surface area contributed by atoms with Crippen molar-refractivity contribution in [3.05, 3.63) is 30.0 Å². The molecule has 3 heteroatoms. The molecule has 3 N–H and O–H groups in total. The molecule has 0 aliphatic carbocycles. The van der Waals surface area contributed by atoms with Crippen LogP contribution >= 0.6 is 0 Å². The molecule has 0 bridgehead atoms. The van der Waals surface area contributed by atoms with E-state index in [1.165, 1.54) is 10.9 Å². The Kier molecular flexibility index (Phi) is 3.92. The van der Waals surface area contributed by atoms with Gasteiger partial charge in [-0.25, -0.2) is 0 Å². The normalized spacial score (nSPS) is 13.2. The van der Waals surface area contributed by atoms with Gasteiger partial charge in [0.25, 0.3) is 0 Å². The second-order valence-corrected chi connectivity index (χ2v) is 5.23. The highest BCUT2D eigenvalue weighted by Crippen LogP contribution is 2.29. The number of hydrogen-bond acceptors (Lipinski definition) is 2. The number of rotatable bonds is 5. The summed E-state index contributed by atoms with van der Waals surface area (Å²) in [4.78, 5) is 3.27. The first-order chi connectivity index (χ1) is 8.61. The molecular formula is C15H22N2O. The lowest BCUT2D eigenvalue weighted by molar-refractivity contribution is 0.415. The zero-order valence-corrected chi connectivity index (χ0v) is 11.4. The minimum absolute atomic E-state index is 0.0910. The average Bonchev–Trinajstić information content (AvgIpc) is 2.78. The average molecular weight is 246 g/mol. The second kappa shape index (κ2) is 5.44. The topological polar surface area (TPSA) is 51.0 Å². The first kappa shape index (κ1) is 13.0. The van der Waals surface area contributed by atoms with E-state index in [2.05, 4.69) is 24.9 Å². The second-order valence-electron chi connectivity index (χ2n) is 5.23. The molecule has 0 amide bonds. The number of benzene rings is 1. The van der Waals surface area contributed by atoms with Crippen molar-refractivity contribution in [3.8, 4) is 5.75 Å². The molecule has 0 aliphatic rings. The van der Waals surface area contributed by atoms with Crippen molar-refractivity contribution < 1.29 is 4.74 Å². The molecule has 3 nitrogen and oxygen atoms in total. The van der Waals surface area contributed by atoms with E-state index in [4.69, 9.17) is 10.5 Å². The summed E-state index contributed by atoms with van der Waals surface area (Å²) in [6.45, 7) is 4.45. The SMILES string of the molecule is COc1ccc2[nH]cc([C@@H](N)CCC(C)C)c2c1. The fraction of sp³-hybridized carbons (Fsp3) is 0.467. The third kappa shape index (κ3) is 2.67. The van der Waals surface area contributed by atoms with Crippen molar-refractivity contribution >= 4 is 10.9 Å². The molecular weight excluding hydrogens is 224 g/mol. The zero-order valence-electron chi connectivity index (χ0n) is 11.4. The lowest BCUT2D eigenvalue weighted by atomic mass is 9.98. The van der Waals surface area contributed by atoms with Gasteiger partial charge in [-0.3, -0.25) is 0 Å². The van der Waals surface area contributed by atoms with Crippen molar-refractivity contribution in [1.82, 2.24) is 4.98 Å². The standard InChI is InChI=1S/C15H22N2O/c1-10(2)4-6-14(16)13-9-17-15-7-5-11(18-3)8-12(13)15/h5,7-10,14,17H,4,6,16H2,1-3H3/t14-/m0/s1. The number of nitrogens with two attached hydrogens (primary N) is 1. The number of nitrogens with one attached hydrogen (secondary N) is 1. The largest absolute Gasteiger partial charge is 0.497 e. The lowest BCUT2D eigenvalue weighted by Gasteiger charge is -2.12. The van der Waals surface area contributed by atoms with Crippen molar-refractivity contribution in [2.45, 2.75) is 32.7 Å². The molecule has 1 aromatic carbocycles. The Balaban J connectivity index is 2.26. The minimum atomic E-state index is 0.0910. The molecule has 0 unspecified atom stereocenters. The van der Waals surface area contributed by atoms with Gasteiger partial charge in [-0.15, -0.1) is 0 Å². The van der Waals surface area contributed by atoms with E-state index in [0.717, 1.165) is 24.1 Å². The molecule has 0 saturated heterocycles. The van der Waals surface area contributed by atoms with Crippen LogP contribution in [0.15, 0.2) is 24.4 Å². The number of H-pyrrole nitrogens is 1. The maximum absolute atomic E-state index is 6.28. The summed E-state index contributed by atoms with van der Waals surface area (Å²) >= 11 is 0. The molecule has 98 valence electrons. The smallest absolute Gasteiger partial charge is 0.119 e. The van der Waals surface area contributed by atoms with E-state index in [0.29, 0.717) is 5.92 Å². The summed E-state index contributed by atoms with van der Waals surface area (Å²) in [5, 5.41) is 1.17. The fourth-order valence-electron chi connectivity index (χ4n) is 2.22. The number of fused-ring (bicyclic) bond motifs is 1. The molecule has 2 rings (SSSR count). The molecule has 0 saturated carbocycles. The number of aromatic nitrogens is 1. The summed E-state index contributed by atoms with van der Waals surface area (Å²) in [7, 11) is 1.69. The number of aromatic amines is 1. The molecule has 1 heterocycles. The molecule has 18 heavy (non-hydrogen) atoms. The van der Waals surface area contributed by atoms with Crippen molar-refractivity contribution in [1.29, 1.82) is 0 Å². The van der Waals surface area contributed by atoms with E-state index < -0.39 is 0 Å². The molecule has 1 atom stereocenters. The van der Waals surface area contributed by atoms with Gasteiger partial charge in [0.05, 0.1) is 7.11 Å². The number of ether oxygens (including phenoxy) is 1. The van der Waals surface area contributed by atoms with Crippen LogP contribution in [0, 0.1) is 5.92 Å². The van der Waals surface area contributed by atoms with Gasteiger partial charge in [-0.05, 0) is 42.5 Å². The predicted molar refractivity (Wildman–Crippen MR) is 75.9 cm³/mol. The van der Waals surface area contributed by atoms with E-state index in [-0.39, 0.29) is 6.04 Å². The molecule has 0 spiro atoms. The number of methoxy groups -OCH3 is 1. The van der Waals surface area contributed by atoms with Crippen LogP contribution in [-0.2, 0) is 0 Å². The molecule has 0 radical (unpaired) electrons. The minimum Gasteiger partial charge on any atom is -0.497 e. The fourth-order valence-corrected chi connectivity index (χ4v) is 2.22. The van der Waals surface area contributed by atoms with Crippen LogP contribution in [0.3, 0.4) is 0 Å². The van der Waals surface area contributed by atoms with Crippen LogP contribution in [0.4, 0.5) is 0 Å². The Morgan fingerprint density at radius 3 is 2.72 bits per heavy atom. The summed E-state index contributed by atoms with van der Waals surface area (Å²) < 4.78 is 5.27. The van der Waals surface area contributed by atoms with Crippen molar-refractivity contribution in [3.63, 3.8) is 0 Å². The quantitative estimate of drug-likeness (QED) is 0.846. The highest BCUT2D eigenvalue weighted by molar-refractivity contribution is 5.85. The van der Waals surface area contributed by atoms with Crippen LogP contribution in [-0.4, -0.2) is 12.1 Å². The maximum Gasteiger partial charge on any atom is 0.119 e. The molecule has 2 aromatic rings. The van der Waals surface area contributed by atoms with Gasteiger partial charge < -0.3 is 15.5 Å². The van der Waals surface area contributed by atoms with E-state index in [1.54, 1.807) is 7.11 Å². The van der Waals surface area contributed by atoms with E-state index in [9.17, 15) is 0 Å². The van der Waals surface area contributed by atoms with Gasteiger partial charge in [0.15, 0.2) is 0 Å². The highest BCUT2D eigenvalue weighted by atomic mass is 16.5. The summed E-state index contributed by atoms with van der Waals surface area (Å²) in [6, 6.07) is 6.14. The lowest BCUT2D eigenvalue weighted by Crippen LogP contribution is -2.10. The Morgan fingerprint density at radius 2 is 2.06 bits per heavy atom. The van der Waals surface area contributed by atoms with Crippen LogP contribution in [0.1, 0.15) is 38.3 Å². The van der Waals surface area contributed by atoms with Crippen molar-refractivity contribution in [2.75, 3.05) is 7.11 Å². The van der Waals surface area contributed by atoms with Gasteiger partial charge >= 0.3 is 0 Å². The van der Waals surface area contributed by atoms with Gasteiger partial charge in [-0.1, -0.05) is 13.8 Å². The van der Waals surface area contributed by atoms with Gasteiger partial charge in [0.2, 0.25) is 0 Å². The monoisotopic (exact) mass is 246 g/mol. The van der Waals surface area contributed by atoms with E-state index >= 15 is 0 Å².